The van der Waals surface area contributed by atoms with Gasteiger partial charge in [-0.25, -0.2) is 19.3 Å². The molecule has 0 saturated carbocycles. The van der Waals surface area contributed by atoms with Gasteiger partial charge in [0.15, 0.2) is 11.5 Å². The molecule has 1 fully saturated rings. The molecule has 3 rings (SSSR count). The first kappa shape index (κ1) is 16.0. The van der Waals surface area contributed by atoms with Gasteiger partial charge in [-0.2, -0.15) is 0 Å². The monoisotopic (exact) mass is 308 g/mol. The van der Waals surface area contributed by atoms with Gasteiger partial charge >= 0.3 is 0 Å². The van der Waals surface area contributed by atoms with Crippen molar-refractivity contribution >= 4 is 11.3 Å². The van der Waals surface area contributed by atoms with Crippen LogP contribution in [0.3, 0.4) is 0 Å². The molecular formula is C15H21FN4S. The van der Waals surface area contributed by atoms with Crippen molar-refractivity contribution < 1.29 is 4.39 Å². The summed E-state index contributed by atoms with van der Waals surface area (Å²) in [5, 5.41) is 0.558. The smallest absolute Gasteiger partial charge is 0.171 e. The van der Waals surface area contributed by atoms with E-state index in [9.17, 15) is 4.39 Å². The van der Waals surface area contributed by atoms with Crippen molar-refractivity contribution in [3.05, 3.63) is 29.7 Å². The summed E-state index contributed by atoms with van der Waals surface area (Å²) in [6, 6.07) is 1.76. The van der Waals surface area contributed by atoms with Crippen molar-refractivity contribution in [3.8, 4) is 10.7 Å². The van der Waals surface area contributed by atoms with Crippen LogP contribution in [-0.2, 0) is 5.67 Å². The Morgan fingerprint density at radius 1 is 1.14 bits per heavy atom. The maximum absolute atomic E-state index is 14.9. The number of piperidine rings is 1. The Kier molecular flexibility index (Phi) is 5.36. The number of nitrogens with zero attached hydrogens (tertiary/aromatic N) is 4. The molecule has 1 saturated heterocycles. The molecule has 2 aromatic heterocycles. The maximum Gasteiger partial charge on any atom is 0.171 e. The average molecular weight is 308 g/mol. The van der Waals surface area contributed by atoms with Gasteiger partial charge in [0, 0.05) is 44.5 Å². The fraction of sp³-hybridized carbons (Fsp3) is 0.533. The normalized spacial score (nSPS) is 17.9. The average Bonchev–Trinajstić information content (AvgIpc) is 3.04. The Morgan fingerprint density at radius 2 is 1.76 bits per heavy atom. The van der Waals surface area contributed by atoms with Gasteiger partial charge in [-0.15, -0.1) is 11.3 Å². The van der Waals surface area contributed by atoms with E-state index in [2.05, 4.69) is 19.9 Å². The number of aromatic nitrogens is 3. The lowest BCUT2D eigenvalue weighted by molar-refractivity contribution is 0.0671. The van der Waals surface area contributed by atoms with Crippen LogP contribution in [0.5, 0.6) is 0 Å². The Labute approximate surface area is 129 Å². The molecule has 0 unspecified atom stereocenters. The summed E-state index contributed by atoms with van der Waals surface area (Å²) in [4.78, 5) is 15.6. The molecule has 114 valence electrons. The van der Waals surface area contributed by atoms with Gasteiger partial charge < -0.3 is 4.90 Å². The number of rotatable bonds is 2. The van der Waals surface area contributed by atoms with E-state index < -0.39 is 5.67 Å². The summed E-state index contributed by atoms with van der Waals surface area (Å²) in [6.07, 6.45) is 6.05. The lowest BCUT2D eigenvalue weighted by Gasteiger charge is -2.32. The molecule has 1 aliphatic rings. The van der Waals surface area contributed by atoms with E-state index in [-0.39, 0.29) is 0 Å². The van der Waals surface area contributed by atoms with Gasteiger partial charge in [0.1, 0.15) is 5.01 Å². The van der Waals surface area contributed by atoms with Gasteiger partial charge in [0.25, 0.3) is 0 Å². The van der Waals surface area contributed by atoms with Crippen molar-refractivity contribution in [1.29, 1.82) is 0 Å². The summed E-state index contributed by atoms with van der Waals surface area (Å²) in [6.45, 7) is 5.54. The van der Waals surface area contributed by atoms with Crippen molar-refractivity contribution in [2.45, 2.75) is 32.4 Å². The standard InChI is InChI=1S/C13H15FN4S.C2H6/c1-18-7-3-13(14,4-8-18)12-17-9-10(19-12)11-15-5-2-6-16-11;1-2/h2,5-6,9H,3-4,7-8H2,1H3;1-2H3. The van der Waals surface area contributed by atoms with Crippen LogP contribution in [0.2, 0.25) is 0 Å². The fourth-order valence-electron chi connectivity index (χ4n) is 2.20. The van der Waals surface area contributed by atoms with E-state index in [1.54, 1.807) is 24.7 Å². The first-order valence-electron chi connectivity index (χ1n) is 7.28. The van der Waals surface area contributed by atoms with Crippen LogP contribution in [0.15, 0.2) is 24.7 Å². The van der Waals surface area contributed by atoms with Crippen molar-refractivity contribution in [2.24, 2.45) is 0 Å². The third kappa shape index (κ3) is 3.63. The number of hydrogen-bond donors (Lipinski definition) is 0. The quantitative estimate of drug-likeness (QED) is 0.851. The summed E-state index contributed by atoms with van der Waals surface area (Å²) < 4.78 is 14.9. The molecule has 0 spiro atoms. The maximum atomic E-state index is 14.9. The van der Waals surface area contributed by atoms with Crippen LogP contribution in [0.1, 0.15) is 31.7 Å². The minimum absolute atomic E-state index is 0.506. The van der Waals surface area contributed by atoms with E-state index in [1.807, 2.05) is 20.9 Å². The summed E-state index contributed by atoms with van der Waals surface area (Å²) in [5.41, 5.74) is -1.29. The van der Waals surface area contributed by atoms with E-state index in [0.29, 0.717) is 23.7 Å². The highest BCUT2D eigenvalue weighted by atomic mass is 32.1. The van der Waals surface area contributed by atoms with Crippen molar-refractivity contribution in [2.75, 3.05) is 20.1 Å². The predicted octanol–water partition coefficient (Wildman–Crippen LogP) is 3.52. The van der Waals surface area contributed by atoms with Crippen LogP contribution in [0, 0.1) is 0 Å². The van der Waals surface area contributed by atoms with E-state index in [4.69, 9.17) is 0 Å². The molecule has 0 aromatic carbocycles. The molecule has 0 amide bonds. The minimum Gasteiger partial charge on any atom is -0.306 e. The first-order chi connectivity index (χ1) is 10.2. The van der Waals surface area contributed by atoms with Gasteiger partial charge in [0.2, 0.25) is 0 Å². The fourth-order valence-corrected chi connectivity index (χ4v) is 3.20. The SMILES string of the molecule is CC.CN1CCC(F)(c2ncc(-c3ncccn3)s2)CC1. The molecule has 4 nitrogen and oxygen atoms in total. The second-order valence-electron chi connectivity index (χ2n) is 4.87. The van der Waals surface area contributed by atoms with Crippen LogP contribution in [-0.4, -0.2) is 40.0 Å². The van der Waals surface area contributed by atoms with E-state index in [1.165, 1.54) is 11.3 Å². The van der Waals surface area contributed by atoms with Crippen molar-refractivity contribution in [1.82, 2.24) is 19.9 Å². The lowest BCUT2D eigenvalue weighted by atomic mass is 9.94. The number of hydrogen-bond acceptors (Lipinski definition) is 5. The molecule has 6 heteroatoms. The molecule has 0 bridgehead atoms. The molecule has 0 N–H and O–H groups in total. The second kappa shape index (κ2) is 7.04. The minimum atomic E-state index is -1.29. The molecule has 3 heterocycles. The zero-order valence-corrected chi connectivity index (χ0v) is 13.5. The molecule has 0 atom stereocenters. The Bertz CT molecular complexity index is 550. The highest BCUT2D eigenvalue weighted by molar-refractivity contribution is 7.15. The van der Waals surface area contributed by atoms with Gasteiger partial charge in [-0.1, -0.05) is 13.8 Å². The van der Waals surface area contributed by atoms with E-state index >= 15 is 0 Å². The molecule has 0 radical (unpaired) electrons. The van der Waals surface area contributed by atoms with Crippen molar-refractivity contribution in [3.63, 3.8) is 0 Å². The van der Waals surface area contributed by atoms with Gasteiger partial charge in [-0.3, -0.25) is 0 Å². The molecule has 21 heavy (non-hydrogen) atoms. The highest BCUT2D eigenvalue weighted by Crippen LogP contribution is 2.40. The zero-order chi connectivity index (χ0) is 15.3. The van der Waals surface area contributed by atoms with Gasteiger partial charge in [0.05, 0.1) is 4.88 Å². The van der Waals surface area contributed by atoms with Crippen LogP contribution in [0.4, 0.5) is 4.39 Å². The van der Waals surface area contributed by atoms with Gasteiger partial charge in [-0.05, 0) is 13.1 Å². The molecule has 2 aromatic rings. The molecule has 1 aliphatic heterocycles. The van der Waals surface area contributed by atoms with Crippen LogP contribution >= 0.6 is 11.3 Å². The highest BCUT2D eigenvalue weighted by Gasteiger charge is 2.38. The lowest BCUT2D eigenvalue weighted by Crippen LogP contribution is -2.37. The van der Waals surface area contributed by atoms with Crippen LogP contribution < -0.4 is 0 Å². The summed E-state index contributed by atoms with van der Waals surface area (Å²) in [5.74, 6) is 0.614. The third-order valence-electron chi connectivity index (χ3n) is 3.45. The zero-order valence-electron chi connectivity index (χ0n) is 12.7. The Hall–Kier alpha value is -1.40. The number of thiazole rings is 1. The number of likely N-dealkylation sites (tertiary alicyclic amines) is 1. The second-order valence-corrected chi connectivity index (χ2v) is 5.90. The number of halogens is 1. The molecular weight excluding hydrogens is 287 g/mol. The third-order valence-corrected chi connectivity index (χ3v) is 4.63. The Morgan fingerprint density at radius 3 is 2.38 bits per heavy atom. The summed E-state index contributed by atoms with van der Waals surface area (Å²) in [7, 11) is 2.02. The topological polar surface area (TPSA) is 41.9 Å². The largest absolute Gasteiger partial charge is 0.306 e. The number of alkyl halides is 1. The Balaban J connectivity index is 0.000000774. The van der Waals surface area contributed by atoms with E-state index in [0.717, 1.165) is 18.0 Å². The molecule has 0 aliphatic carbocycles. The summed E-state index contributed by atoms with van der Waals surface area (Å²) >= 11 is 1.36. The van der Waals surface area contributed by atoms with Crippen LogP contribution in [0.25, 0.3) is 10.7 Å². The first-order valence-corrected chi connectivity index (χ1v) is 8.10. The predicted molar refractivity (Wildman–Crippen MR) is 84.0 cm³/mol.